The van der Waals surface area contributed by atoms with E-state index in [4.69, 9.17) is 0 Å². The van der Waals surface area contributed by atoms with E-state index in [1.54, 1.807) is 12.1 Å². The number of nitrogens with zero attached hydrogens (tertiary/aromatic N) is 1. The minimum absolute atomic E-state index is 0.0767. The van der Waals surface area contributed by atoms with E-state index in [0.29, 0.717) is 19.0 Å². The maximum atomic E-state index is 12.1. The minimum Gasteiger partial charge on any atom is -0.484 e. The first-order valence-electron chi connectivity index (χ1n) is 8.60. The summed E-state index contributed by atoms with van der Waals surface area (Å²) in [4.78, 5) is 16.2. The number of guanidine groups is 1. The highest BCUT2D eigenvalue weighted by atomic mass is 19.4. The normalized spacial score (nSPS) is 12.5. The average Bonchev–Trinajstić information content (AvgIpc) is 2.54. The third-order valence-electron chi connectivity index (χ3n) is 3.02. The fraction of sp³-hybridized carbons (Fsp3) is 0.556. The first-order chi connectivity index (χ1) is 12.5. The zero-order valence-electron chi connectivity index (χ0n) is 16.0. The molecule has 1 rings (SSSR count). The predicted octanol–water partition coefficient (Wildman–Crippen LogP) is 2.60. The Kier molecular flexibility index (Phi) is 8.39. The van der Waals surface area contributed by atoms with Gasteiger partial charge in [-0.15, -0.1) is 0 Å². The van der Waals surface area contributed by atoms with E-state index in [-0.39, 0.29) is 23.7 Å². The molecular formula is C18H27F3N4O2. The molecular weight excluding hydrogens is 361 g/mol. The molecule has 0 radical (unpaired) electrons. The number of alkyl halides is 3. The van der Waals surface area contributed by atoms with E-state index < -0.39 is 12.8 Å². The van der Waals surface area contributed by atoms with Crippen molar-refractivity contribution >= 4 is 11.9 Å². The molecule has 0 atom stereocenters. The summed E-state index contributed by atoms with van der Waals surface area (Å²) in [5.41, 5.74) is 0.482. The summed E-state index contributed by atoms with van der Waals surface area (Å²) in [7, 11) is 0. The molecule has 1 amide bonds. The fourth-order valence-corrected chi connectivity index (χ4v) is 1.99. The topological polar surface area (TPSA) is 74.8 Å². The molecule has 0 fully saturated rings. The highest BCUT2D eigenvalue weighted by molar-refractivity contribution is 5.86. The number of carbonyl (C=O) groups excluding carboxylic acids is 1. The van der Waals surface area contributed by atoms with Gasteiger partial charge in [0, 0.05) is 12.1 Å². The molecule has 0 unspecified atom stereocenters. The SMILES string of the molecule is CCNC(=NCc1ccc(OCC(F)(F)F)cc1)NCC(=O)NC(C)(C)C. The van der Waals surface area contributed by atoms with Gasteiger partial charge in [0.25, 0.3) is 0 Å². The van der Waals surface area contributed by atoms with E-state index in [9.17, 15) is 18.0 Å². The molecule has 152 valence electrons. The standard InChI is InChI=1S/C18H27F3N4O2/c1-5-22-16(24-11-15(26)25-17(2,3)4)23-10-13-6-8-14(9-7-13)27-12-18(19,20)21/h6-9H,5,10-12H2,1-4H3,(H,25,26)(H2,22,23,24). The quantitative estimate of drug-likeness (QED) is 0.496. The highest BCUT2D eigenvalue weighted by Gasteiger charge is 2.28. The minimum atomic E-state index is -4.37. The van der Waals surface area contributed by atoms with Crippen LogP contribution in [0, 0.1) is 0 Å². The number of benzene rings is 1. The Balaban J connectivity index is 2.58. The van der Waals surface area contributed by atoms with Crippen LogP contribution in [0.4, 0.5) is 13.2 Å². The van der Waals surface area contributed by atoms with Crippen LogP contribution in [0.25, 0.3) is 0 Å². The van der Waals surface area contributed by atoms with Gasteiger partial charge in [0.1, 0.15) is 5.75 Å². The van der Waals surface area contributed by atoms with E-state index >= 15 is 0 Å². The second-order valence-electron chi connectivity index (χ2n) is 6.89. The lowest BCUT2D eigenvalue weighted by Gasteiger charge is -2.21. The number of ether oxygens (including phenoxy) is 1. The summed E-state index contributed by atoms with van der Waals surface area (Å²) < 4.78 is 41.1. The summed E-state index contributed by atoms with van der Waals surface area (Å²) >= 11 is 0. The lowest BCUT2D eigenvalue weighted by atomic mass is 10.1. The van der Waals surface area contributed by atoms with Crippen LogP contribution in [0.3, 0.4) is 0 Å². The van der Waals surface area contributed by atoms with Crippen LogP contribution in [0.1, 0.15) is 33.3 Å². The number of aliphatic imine (C=N–C) groups is 1. The number of halogens is 3. The van der Waals surface area contributed by atoms with Crippen molar-refractivity contribution in [2.24, 2.45) is 4.99 Å². The second-order valence-corrected chi connectivity index (χ2v) is 6.89. The molecule has 9 heteroatoms. The van der Waals surface area contributed by atoms with Crippen LogP contribution < -0.4 is 20.7 Å². The molecule has 0 heterocycles. The Labute approximate surface area is 157 Å². The smallest absolute Gasteiger partial charge is 0.422 e. The van der Waals surface area contributed by atoms with E-state index in [1.165, 1.54) is 12.1 Å². The van der Waals surface area contributed by atoms with Gasteiger partial charge in [0.2, 0.25) is 5.91 Å². The van der Waals surface area contributed by atoms with Crippen molar-refractivity contribution in [3.8, 4) is 5.75 Å². The van der Waals surface area contributed by atoms with Gasteiger partial charge < -0.3 is 20.7 Å². The van der Waals surface area contributed by atoms with Gasteiger partial charge in [0.15, 0.2) is 12.6 Å². The maximum absolute atomic E-state index is 12.1. The molecule has 0 aliphatic carbocycles. The Hall–Kier alpha value is -2.45. The van der Waals surface area contributed by atoms with Crippen LogP contribution in [-0.2, 0) is 11.3 Å². The predicted molar refractivity (Wildman–Crippen MR) is 98.7 cm³/mol. The molecule has 0 saturated carbocycles. The molecule has 0 saturated heterocycles. The van der Waals surface area contributed by atoms with E-state index in [0.717, 1.165) is 5.56 Å². The van der Waals surface area contributed by atoms with Gasteiger partial charge in [-0.1, -0.05) is 12.1 Å². The number of nitrogens with one attached hydrogen (secondary N) is 3. The number of rotatable bonds is 7. The fourth-order valence-electron chi connectivity index (χ4n) is 1.99. The van der Waals surface area contributed by atoms with Crippen molar-refractivity contribution in [3.05, 3.63) is 29.8 Å². The zero-order chi connectivity index (χ0) is 20.5. The summed E-state index contributed by atoms with van der Waals surface area (Å²) in [6, 6.07) is 6.22. The zero-order valence-corrected chi connectivity index (χ0v) is 16.0. The molecule has 27 heavy (non-hydrogen) atoms. The number of hydrogen-bond acceptors (Lipinski definition) is 3. The Morgan fingerprint density at radius 3 is 2.26 bits per heavy atom. The monoisotopic (exact) mass is 388 g/mol. The van der Waals surface area contributed by atoms with Crippen molar-refractivity contribution in [1.29, 1.82) is 0 Å². The van der Waals surface area contributed by atoms with Gasteiger partial charge >= 0.3 is 6.18 Å². The molecule has 1 aromatic rings. The van der Waals surface area contributed by atoms with Crippen LogP contribution >= 0.6 is 0 Å². The van der Waals surface area contributed by atoms with Crippen LogP contribution in [0.15, 0.2) is 29.3 Å². The lowest BCUT2D eigenvalue weighted by Crippen LogP contribution is -2.48. The van der Waals surface area contributed by atoms with Crippen molar-refractivity contribution in [3.63, 3.8) is 0 Å². The van der Waals surface area contributed by atoms with E-state index in [1.807, 2.05) is 27.7 Å². The van der Waals surface area contributed by atoms with Crippen molar-refractivity contribution < 1.29 is 22.7 Å². The van der Waals surface area contributed by atoms with Crippen LogP contribution in [0.2, 0.25) is 0 Å². The Morgan fingerprint density at radius 1 is 1.11 bits per heavy atom. The number of amides is 1. The molecule has 0 bridgehead atoms. The summed E-state index contributed by atoms with van der Waals surface area (Å²) in [5, 5.41) is 8.81. The highest BCUT2D eigenvalue weighted by Crippen LogP contribution is 2.19. The van der Waals surface area contributed by atoms with Gasteiger partial charge in [-0.2, -0.15) is 13.2 Å². The molecule has 3 N–H and O–H groups in total. The van der Waals surface area contributed by atoms with Crippen molar-refractivity contribution in [2.75, 3.05) is 19.7 Å². The first kappa shape index (κ1) is 22.6. The Bertz CT molecular complexity index is 623. The van der Waals surface area contributed by atoms with Gasteiger partial charge in [-0.05, 0) is 45.4 Å². The molecule has 6 nitrogen and oxygen atoms in total. The summed E-state index contributed by atoms with van der Waals surface area (Å²) in [5.74, 6) is 0.460. The van der Waals surface area contributed by atoms with Gasteiger partial charge in [-0.25, -0.2) is 4.99 Å². The second kappa shape index (κ2) is 10.0. The third-order valence-corrected chi connectivity index (χ3v) is 3.02. The molecule has 0 spiro atoms. The lowest BCUT2D eigenvalue weighted by molar-refractivity contribution is -0.153. The summed E-state index contributed by atoms with van der Waals surface area (Å²) in [6.45, 7) is 7.26. The van der Waals surface area contributed by atoms with Crippen LogP contribution in [-0.4, -0.2) is 43.3 Å². The maximum Gasteiger partial charge on any atom is 0.422 e. The third kappa shape index (κ3) is 11.0. The molecule has 0 aromatic heterocycles. The van der Waals surface area contributed by atoms with E-state index in [2.05, 4.69) is 25.7 Å². The Morgan fingerprint density at radius 2 is 1.74 bits per heavy atom. The number of hydrogen-bond donors (Lipinski definition) is 3. The number of carbonyl (C=O) groups is 1. The summed E-state index contributed by atoms with van der Waals surface area (Å²) in [6.07, 6.45) is -4.37. The van der Waals surface area contributed by atoms with Gasteiger partial charge in [0.05, 0.1) is 13.1 Å². The first-order valence-corrected chi connectivity index (χ1v) is 8.60. The molecule has 0 aliphatic rings. The molecule has 1 aromatic carbocycles. The molecule has 0 aliphatic heterocycles. The average molecular weight is 388 g/mol. The van der Waals surface area contributed by atoms with Gasteiger partial charge in [-0.3, -0.25) is 4.79 Å². The largest absolute Gasteiger partial charge is 0.484 e. The van der Waals surface area contributed by atoms with Crippen LogP contribution in [0.5, 0.6) is 5.75 Å². The van der Waals surface area contributed by atoms with Crippen molar-refractivity contribution in [1.82, 2.24) is 16.0 Å². The van der Waals surface area contributed by atoms with Crippen molar-refractivity contribution in [2.45, 2.75) is 46.0 Å².